The Bertz CT molecular complexity index is 549. The quantitative estimate of drug-likeness (QED) is 0.851. The zero-order chi connectivity index (χ0) is 13.0. The highest BCUT2D eigenvalue weighted by molar-refractivity contribution is 7.99. The number of nitrogens with zero attached hydrogens (tertiary/aromatic N) is 2. The van der Waals surface area contributed by atoms with Crippen molar-refractivity contribution in [2.75, 3.05) is 11.9 Å². The zero-order valence-electron chi connectivity index (χ0n) is 9.65. The fraction of sp³-hybridized carbons (Fsp3) is 0.167. The summed E-state index contributed by atoms with van der Waals surface area (Å²) < 4.78 is 0. The molecule has 0 amide bonds. The molecule has 18 heavy (non-hydrogen) atoms. The van der Waals surface area contributed by atoms with Crippen molar-refractivity contribution >= 4 is 40.9 Å². The first-order chi connectivity index (χ1) is 8.69. The van der Waals surface area contributed by atoms with Gasteiger partial charge in [-0.2, -0.15) is 0 Å². The summed E-state index contributed by atoms with van der Waals surface area (Å²) in [6, 6.07) is 7.37. The van der Waals surface area contributed by atoms with Crippen molar-refractivity contribution in [2.24, 2.45) is 0 Å². The summed E-state index contributed by atoms with van der Waals surface area (Å²) in [7, 11) is 0. The molecule has 0 fully saturated rings. The Hall–Kier alpha value is -0.970. The average Bonchev–Trinajstić information content (AvgIpc) is 2.35. The third kappa shape index (κ3) is 3.51. The lowest BCUT2D eigenvalue weighted by Gasteiger charge is -2.05. The highest BCUT2D eigenvalue weighted by atomic mass is 35.5. The molecule has 2 aromatic rings. The number of benzene rings is 1. The molecule has 0 aliphatic carbocycles. The fourth-order valence-electron chi connectivity index (χ4n) is 1.30. The zero-order valence-corrected chi connectivity index (χ0v) is 12.0. The summed E-state index contributed by atoms with van der Waals surface area (Å²) in [4.78, 5) is 9.49. The molecule has 1 aromatic heterocycles. The van der Waals surface area contributed by atoms with Crippen molar-refractivity contribution in [2.45, 2.75) is 16.8 Å². The van der Waals surface area contributed by atoms with E-state index in [0.29, 0.717) is 16.0 Å². The van der Waals surface area contributed by atoms with Crippen molar-refractivity contribution in [3.8, 4) is 0 Å². The average molecular weight is 300 g/mol. The minimum absolute atomic E-state index is 0.544. The van der Waals surface area contributed by atoms with Gasteiger partial charge in [-0.15, -0.1) is 0 Å². The van der Waals surface area contributed by atoms with Gasteiger partial charge in [0, 0.05) is 17.6 Å². The first-order valence-electron chi connectivity index (χ1n) is 5.39. The molecule has 0 saturated heterocycles. The minimum Gasteiger partial charge on any atom is -0.354 e. The summed E-state index contributed by atoms with van der Waals surface area (Å²) >= 11 is 13.4. The molecule has 0 aliphatic heterocycles. The Labute approximate surface area is 120 Å². The van der Waals surface area contributed by atoms with Gasteiger partial charge in [0.05, 0.1) is 10.0 Å². The molecule has 94 valence electrons. The molecule has 6 heteroatoms. The van der Waals surface area contributed by atoms with Gasteiger partial charge in [0.2, 0.25) is 5.95 Å². The largest absolute Gasteiger partial charge is 0.354 e. The Morgan fingerprint density at radius 3 is 2.78 bits per heavy atom. The lowest BCUT2D eigenvalue weighted by atomic mass is 10.4. The lowest BCUT2D eigenvalue weighted by Crippen LogP contribution is -2.01. The smallest absolute Gasteiger partial charge is 0.223 e. The van der Waals surface area contributed by atoms with E-state index in [2.05, 4.69) is 15.3 Å². The molecular formula is C12H11Cl2N3S. The minimum atomic E-state index is 0.544. The van der Waals surface area contributed by atoms with E-state index in [1.165, 1.54) is 11.8 Å². The molecule has 0 atom stereocenters. The van der Waals surface area contributed by atoms with Gasteiger partial charge in [0.15, 0.2) is 0 Å². The Balaban J connectivity index is 2.17. The van der Waals surface area contributed by atoms with Crippen LogP contribution in [0, 0.1) is 0 Å². The molecule has 1 aromatic carbocycles. The van der Waals surface area contributed by atoms with E-state index >= 15 is 0 Å². The van der Waals surface area contributed by atoms with Gasteiger partial charge in [0.1, 0.15) is 5.03 Å². The van der Waals surface area contributed by atoms with Gasteiger partial charge < -0.3 is 5.32 Å². The summed E-state index contributed by atoms with van der Waals surface area (Å²) in [6.07, 6.45) is 1.73. The molecule has 0 radical (unpaired) electrons. The van der Waals surface area contributed by atoms with Gasteiger partial charge in [-0.1, -0.05) is 35.0 Å². The standard InChI is InChI=1S/C12H11Cl2N3S/c1-2-15-12-16-6-5-11(17-12)18-8-3-4-9(13)10(14)7-8/h3-7H,2H2,1H3,(H,15,16,17). The summed E-state index contributed by atoms with van der Waals surface area (Å²) in [5.41, 5.74) is 0. The van der Waals surface area contributed by atoms with Gasteiger partial charge in [-0.05, 0) is 31.2 Å². The van der Waals surface area contributed by atoms with Gasteiger partial charge in [-0.25, -0.2) is 9.97 Å². The first kappa shape index (κ1) is 13.5. The van der Waals surface area contributed by atoms with E-state index < -0.39 is 0 Å². The van der Waals surface area contributed by atoms with Crippen LogP contribution in [0.4, 0.5) is 5.95 Å². The number of rotatable bonds is 4. The second kappa shape index (κ2) is 6.27. The van der Waals surface area contributed by atoms with E-state index in [0.717, 1.165) is 16.5 Å². The maximum absolute atomic E-state index is 5.97. The Morgan fingerprint density at radius 1 is 1.22 bits per heavy atom. The number of anilines is 1. The fourth-order valence-corrected chi connectivity index (χ4v) is 2.48. The molecule has 0 spiro atoms. The lowest BCUT2D eigenvalue weighted by molar-refractivity contribution is 1.01. The topological polar surface area (TPSA) is 37.8 Å². The van der Waals surface area contributed by atoms with Crippen LogP contribution in [0.1, 0.15) is 6.92 Å². The molecule has 2 rings (SSSR count). The highest BCUT2D eigenvalue weighted by Crippen LogP contribution is 2.31. The Kier molecular flexibility index (Phi) is 4.69. The summed E-state index contributed by atoms with van der Waals surface area (Å²) in [5, 5.41) is 5.03. The number of halogens is 2. The molecule has 0 bridgehead atoms. The van der Waals surface area contributed by atoms with Crippen molar-refractivity contribution in [3.63, 3.8) is 0 Å². The molecule has 1 heterocycles. The van der Waals surface area contributed by atoms with Crippen molar-refractivity contribution in [3.05, 3.63) is 40.5 Å². The maximum atomic E-state index is 5.97. The second-order valence-corrected chi connectivity index (χ2v) is 5.33. The van der Waals surface area contributed by atoms with E-state index in [4.69, 9.17) is 23.2 Å². The van der Waals surface area contributed by atoms with Crippen LogP contribution < -0.4 is 5.32 Å². The van der Waals surface area contributed by atoms with Crippen LogP contribution in [0.2, 0.25) is 10.0 Å². The Morgan fingerprint density at radius 2 is 2.06 bits per heavy atom. The van der Waals surface area contributed by atoms with Crippen LogP contribution in [0.15, 0.2) is 40.4 Å². The van der Waals surface area contributed by atoms with Crippen molar-refractivity contribution < 1.29 is 0 Å². The molecule has 3 nitrogen and oxygen atoms in total. The van der Waals surface area contributed by atoms with Gasteiger partial charge in [-0.3, -0.25) is 0 Å². The van der Waals surface area contributed by atoms with Crippen molar-refractivity contribution in [1.82, 2.24) is 9.97 Å². The SMILES string of the molecule is CCNc1nccc(Sc2ccc(Cl)c(Cl)c2)n1. The normalized spacial score (nSPS) is 10.4. The maximum Gasteiger partial charge on any atom is 0.223 e. The van der Waals surface area contributed by atoms with Crippen LogP contribution in [0.3, 0.4) is 0 Å². The molecule has 1 N–H and O–H groups in total. The third-order valence-corrected chi connectivity index (χ3v) is 3.74. The van der Waals surface area contributed by atoms with E-state index in [-0.39, 0.29) is 0 Å². The molecule has 0 aliphatic rings. The molecule has 0 unspecified atom stereocenters. The monoisotopic (exact) mass is 299 g/mol. The van der Waals surface area contributed by atoms with Crippen LogP contribution in [-0.2, 0) is 0 Å². The van der Waals surface area contributed by atoms with Gasteiger partial charge in [0.25, 0.3) is 0 Å². The van der Waals surface area contributed by atoms with Crippen molar-refractivity contribution in [1.29, 1.82) is 0 Å². The van der Waals surface area contributed by atoms with Crippen LogP contribution in [0.25, 0.3) is 0 Å². The highest BCUT2D eigenvalue weighted by Gasteiger charge is 2.04. The number of aromatic nitrogens is 2. The van der Waals surface area contributed by atoms with Crippen LogP contribution >= 0.6 is 35.0 Å². The number of nitrogens with one attached hydrogen (secondary N) is 1. The van der Waals surface area contributed by atoms with Crippen LogP contribution in [0.5, 0.6) is 0 Å². The molecule has 0 saturated carbocycles. The van der Waals surface area contributed by atoms with E-state index in [1.54, 1.807) is 12.3 Å². The summed E-state index contributed by atoms with van der Waals surface area (Å²) in [6.45, 7) is 2.79. The number of hydrogen-bond donors (Lipinski definition) is 1. The third-order valence-electron chi connectivity index (χ3n) is 2.08. The predicted molar refractivity (Wildman–Crippen MR) is 76.8 cm³/mol. The second-order valence-electron chi connectivity index (χ2n) is 3.43. The first-order valence-corrected chi connectivity index (χ1v) is 6.96. The van der Waals surface area contributed by atoms with E-state index in [1.807, 2.05) is 25.1 Å². The molecular weight excluding hydrogens is 289 g/mol. The summed E-state index contributed by atoms with van der Waals surface area (Å²) in [5.74, 6) is 0.627. The van der Waals surface area contributed by atoms with Gasteiger partial charge >= 0.3 is 0 Å². The predicted octanol–water partition coefficient (Wildman–Crippen LogP) is 4.37. The van der Waals surface area contributed by atoms with E-state index in [9.17, 15) is 0 Å². The number of hydrogen-bond acceptors (Lipinski definition) is 4. The van der Waals surface area contributed by atoms with Crippen LogP contribution in [-0.4, -0.2) is 16.5 Å².